The Hall–Kier alpha value is -1.42. The number of hydrogen-bond donors (Lipinski definition) is 1. The second-order valence-corrected chi connectivity index (χ2v) is 8.91. The summed E-state index contributed by atoms with van der Waals surface area (Å²) in [5.41, 5.74) is 4.58. The fraction of sp³-hybridized carbons (Fsp3) is 0.478. The first kappa shape index (κ1) is 19.9. The van der Waals surface area contributed by atoms with Gasteiger partial charge in [0, 0.05) is 46.2 Å². The fourth-order valence-electron chi connectivity index (χ4n) is 4.61. The van der Waals surface area contributed by atoms with Gasteiger partial charge in [0.2, 0.25) is 0 Å². The van der Waals surface area contributed by atoms with Gasteiger partial charge in [-0.2, -0.15) is 0 Å². The van der Waals surface area contributed by atoms with Crippen LogP contribution in [0.15, 0.2) is 30.3 Å². The van der Waals surface area contributed by atoms with Gasteiger partial charge in [-0.15, -0.1) is 0 Å². The van der Waals surface area contributed by atoms with Gasteiger partial charge in [-0.1, -0.05) is 43.1 Å². The van der Waals surface area contributed by atoms with Gasteiger partial charge in [-0.05, 0) is 56.1 Å². The molecule has 0 bridgehead atoms. The molecule has 1 saturated heterocycles. The van der Waals surface area contributed by atoms with E-state index in [-0.39, 0.29) is 11.5 Å². The zero-order valence-corrected chi connectivity index (χ0v) is 18.3. The maximum atomic E-state index is 6.58. The zero-order valence-electron chi connectivity index (χ0n) is 16.8. The van der Waals surface area contributed by atoms with Gasteiger partial charge in [0.05, 0.1) is 5.69 Å². The molecule has 2 heterocycles. The summed E-state index contributed by atoms with van der Waals surface area (Å²) in [6.45, 7) is 10.6. The van der Waals surface area contributed by atoms with Crippen molar-refractivity contribution in [2.75, 3.05) is 31.1 Å². The molecule has 0 aromatic heterocycles. The highest BCUT2D eigenvalue weighted by atomic mass is 35.5. The number of hydrogen-bond acceptors (Lipinski definition) is 3. The number of anilines is 1. The van der Waals surface area contributed by atoms with E-state index in [1.165, 1.54) is 11.3 Å². The van der Waals surface area contributed by atoms with Crippen LogP contribution in [0.4, 0.5) is 5.69 Å². The Morgan fingerprint density at radius 3 is 2.75 bits per heavy atom. The second kappa shape index (κ2) is 7.78. The van der Waals surface area contributed by atoms with Crippen molar-refractivity contribution in [1.82, 2.24) is 5.32 Å². The van der Waals surface area contributed by atoms with Gasteiger partial charge in [0.1, 0.15) is 11.9 Å². The number of piperidine rings is 1. The summed E-state index contributed by atoms with van der Waals surface area (Å²) in [5, 5.41) is 4.90. The molecule has 3 nitrogen and oxygen atoms in total. The molecular weight excluding hydrogens is 391 g/mol. The molecule has 2 atom stereocenters. The van der Waals surface area contributed by atoms with Crippen molar-refractivity contribution in [2.24, 2.45) is 0 Å². The first-order valence-electron chi connectivity index (χ1n) is 10.2. The Labute approximate surface area is 178 Å². The molecule has 2 aromatic rings. The molecular formula is C23H28Cl2N2O. The molecule has 0 radical (unpaired) electrons. The van der Waals surface area contributed by atoms with E-state index < -0.39 is 0 Å². The maximum Gasteiger partial charge on any atom is 0.147 e. The largest absolute Gasteiger partial charge is 0.487 e. The molecule has 2 aromatic carbocycles. The van der Waals surface area contributed by atoms with Crippen LogP contribution in [0.5, 0.6) is 5.75 Å². The third kappa shape index (κ3) is 3.28. The first-order valence-corrected chi connectivity index (χ1v) is 11.0. The van der Waals surface area contributed by atoms with Crippen LogP contribution in [-0.4, -0.2) is 32.3 Å². The molecule has 0 aliphatic carbocycles. The average Bonchev–Trinajstić information content (AvgIpc) is 2.98. The smallest absolute Gasteiger partial charge is 0.147 e. The molecule has 4 rings (SSSR count). The van der Waals surface area contributed by atoms with Crippen LogP contribution in [0.1, 0.15) is 39.2 Å². The van der Waals surface area contributed by atoms with Gasteiger partial charge in [0.15, 0.2) is 0 Å². The zero-order chi connectivity index (χ0) is 19.9. The number of rotatable bonds is 5. The van der Waals surface area contributed by atoms with E-state index in [0.717, 1.165) is 55.9 Å². The third-order valence-electron chi connectivity index (χ3n) is 6.19. The predicted octanol–water partition coefficient (Wildman–Crippen LogP) is 5.91. The molecule has 150 valence electrons. The number of benzene rings is 2. The topological polar surface area (TPSA) is 24.5 Å². The lowest BCUT2D eigenvalue weighted by Gasteiger charge is -2.35. The summed E-state index contributed by atoms with van der Waals surface area (Å²) >= 11 is 12.7. The number of nitrogens with one attached hydrogen (secondary N) is 1. The van der Waals surface area contributed by atoms with Crippen molar-refractivity contribution in [3.05, 3.63) is 45.9 Å². The summed E-state index contributed by atoms with van der Waals surface area (Å²) in [7, 11) is 0. The first-order chi connectivity index (χ1) is 13.5. The van der Waals surface area contributed by atoms with Crippen LogP contribution in [-0.2, 0) is 5.41 Å². The minimum atomic E-state index is -0.0249. The van der Waals surface area contributed by atoms with Gasteiger partial charge in [0.25, 0.3) is 0 Å². The Morgan fingerprint density at radius 2 is 2.04 bits per heavy atom. The van der Waals surface area contributed by atoms with Crippen LogP contribution in [0.2, 0.25) is 10.0 Å². The van der Waals surface area contributed by atoms with E-state index in [4.69, 9.17) is 27.9 Å². The van der Waals surface area contributed by atoms with Crippen molar-refractivity contribution in [1.29, 1.82) is 0 Å². The molecule has 0 spiro atoms. The van der Waals surface area contributed by atoms with E-state index in [1.807, 2.05) is 18.2 Å². The Balaban J connectivity index is 1.91. The van der Waals surface area contributed by atoms with Crippen LogP contribution in [0.3, 0.4) is 0 Å². The number of nitrogens with zero attached hydrogens (tertiary/aromatic N) is 1. The standard InChI is InChI=1S/C23H28Cl2N2O/c1-4-10-27(5-2)20-12-15(17-7-6-16(24)13-19(17)25)11-18-22(20)28-21-8-9-26-14-23(18,21)3/h6-7,11-13,21,26H,4-5,8-10,14H2,1-3H3/t21-,23-/m0/s1. The minimum absolute atomic E-state index is 0.0249. The van der Waals surface area contributed by atoms with Crippen molar-refractivity contribution in [3.63, 3.8) is 0 Å². The molecule has 0 amide bonds. The molecule has 5 heteroatoms. The van der Waals surface area contributed by atoms with E-state index in [9.17, 15) is 0 Å². The molecule has 0 unspecified atom stereocenters. The quantitative estimate of drug-likeness (QED) is 0.652. The van der Waals surface area contributed by atoms with Crippen LogP contribution in [0.25, 0.3) is 11.1 Å². The summed E-state index contributed by atoms with van der Waals surface area (Å²) in [5.74, 6) is 1.06. The Bertz CT molecular complexity index is 885. The minimum Gasteiger partial charge on any atom is -0.487 e. The molecule has 0 saturated carbocycles. The SMILES string of the molecule is CCCN(CC)c1cc(-c2ccc(Cl)cc2Cl)cc2c1O[C@H]1CCNC[C@@]21C. The van der Waals surface area contributed by atoms with E-state index in [0.29, 0.717) is 10.0 Å². The molecule has 2 aliphatic heterocycles. The van der Waals surface area contributed by atoms with E-state index in [2.05, 4.69) is 43.1 Å². The second-order valence-electron chi connectivity index (χ2n) is 8.07. The average molecular weight is 419 g/mol. The lowest BCUT2D eigenvalue weighted by molar-refractivity contribution is 0.121. The van der Waals surface area contributed by atoms with E-state index >= 15 is 0 Å². The van der Waals surface area contributed by atoms with Crippen molar-refractivity contribution >= 4 is 28.9 Å². The number of halogens is 2. The predicted molar refractivity (Wildman–Crippen MR) is 119 cm³/mol. The van der Waals surface area contributed by atoms with Gasteiger partial charge < -0.3 is 15.0 Å². The normalized spacial score (nSPS) is 23.1. The highest BCUT2D eigenvalue weighted by molar-refractivity contribution is 6.36. The monoisotopic (exact) mass is 418 g/mol. The lowest BCUT2D eigenvalue weighted by atomic mass is 9.75. The Kier molecular flexibility index (Phi) is 5.52. The summed E-state index contributed by atoms with van der Waals surface area (Å²) in [4.78, 5) is 2.42. The third-order valence-corrected chi connectivity index (χ3v) is 6.74. The van der Waals surface area contributed by atoms with Crippen LogP contribution < -0.4 is 15.0 Å². The van der Waals surface area contributed by atoms with Crippen molar-refractivity contribution < 1.29 is 4.74 Å². The number of fused-ring (bicyclic) bond motifs is 3. The molecule has 28 heavy (non-hydrogen) atoms. The Morgan fingerprint density at radius 1 is 1.21 bits per heavy atom. The highest BCUT2D eigenvalue weighted by Crippen LogP contribution is 2.51. The van der Waals surface area contributed by atoms with Gasteiger partial charge in [-0.3, -0.25) is 0 Å². The van der Waals surface area contributed by atoms with Crippen LogP contribution in [0, 0.1) is 0 Å². The van der Waals surface area contributed by atoms with Crippen molar-refractivity contribution in [2.45, 2.75) is 45.1 Å². The van der Waals surface area contributed by atoms with E-state index in [1.54, 1.807) is 0 Å². The van der Waals surface area contributed by atoms with Crippen molar-refractivity contribution in [3.8, 4) is 16.9 Å². The summed E-state index contributed by atoms with van der Waals surface area (Å²) in [6.07, 6.45) is 2.34. The van der Waals surface area contributed by atoms with Gasteiger partial charge >= 0.3 is 0 Å². The molecule has 1 N–H and O–H groups in total. The molecule has 2 aliphatic rings. The number of ether oxygens (including phenoxy) is 1. The fourth-order valence-corrected chi connectivity index (χ4v) is 5.13. The molecule has 1 fully saturated rings. The highest BCUT2D eigenvalue weighted by Gasteiger charge is 2.48. The lowest BCUT2D eigenvalue weighted by Crippen LogP contribution is -2.50. The maximum absolute atomic E-state index is 6.58. The van der Waals surface area contributed by atoms with Gasteiger partial charge in [-0.25, -0.2) is 0 Å². The summed E-state index contributed by atoms with van der Waals surface area (Å²) < 4.78 is 6.58. The van der Waals surface area contributed by atoms with Crippen LogP contribution >= 0.6 is 23.2 Å². The summed E-state index contributed by atoms with van der Waals surface area (Å²) in [6, 6.07) is 10.3.